The van der Waals surface area contributed by atoms with Crippen molar-refractivity contribution < 1.29 is 36.6 Å². The Balaban J connectivity index is 4.06. The van der Waals surface area contributed by atoms with Crippen molar-refractivity contribution >= 4 is 11.9 Å². The van der Waals surface area contributed by atoms with Gasteiger partial charge in [-0.1, -0.05) is 27.7 Å². The van der Waals surface area contributed by atoms with Gasteiger partial charge < -0.3 is 9.47 Å². The normalized spacial score (nSPS) is 12.3. The number of esters is 2. The van der Waals surface area contributed by atoms with Gasteiger partial charge in [-0.2, -0.15) is 8.78 Å². The standard InChI is InChI=1S/C15H24F4O4/c1-9(2)13(10(3)4)23-12(21)7-5-6-11(20)22-8-15(18,19)14(16)17/h9-10,13-14H,5-8H2,1-4H3. The molecule has 0 amide bonds. The second-order valence-corrected chi connectivity index (χ2v) is 6.02. The van der Waals surface area contributed by atoms with Crippen molar-refractivity contribution in [3.63, 3.8) is 0 Å². The van der Waals surface area contributed by atoms with E-state index in [1.807, 2.05) is 27.7 Å². The van der Waals surface area contributed by atoms with E-state index in [4.69, 9.17) is 4.74 Å². The number of ether oxygens (including phenoxy) is 2. The molecule has 0 aliphatic rings. The number of carbonyl (C=O) groups excluding carboxylic acids is 2. The minimum atomic E-state index is -4.36. The molecule has 0 aromatic carbocycles. The van der Waals surface area contributed by atoms with Crippen LogP contribution in [0.1, 0.15) is 47.0 Å². The molecule has 0 aliphatic heterocycles. The Bertz CT molecular complexity index is 376. The lowest BCUT2D eigenvalue weighted by molar-refractivity contribution is -0.179. The van der Waals surface area contributed by atoms with Gasteiger partial charge in [0.1, 0.15) is 6.10 Å². The summed E-state index contributed by atoms with van der Waals surface area (Å²) in [5.74, 6) is -5.64. The van der Waals surface area contributed by atoms with Gasteiger partial charge in [0.2, 0.25) is 0 Å². The van der Waals surface area contributed by atoms with Crippen molar-refractivity contribution in [3.8, 4) is 0 Å². The van der Waals surface area contributed by atoms with Crippen molar-refractivity contribution in [1.82, 2.24) is 0 Å². The van der Waals surface area contributed by atoms with E-state index in [1.165, 1.54) is 0 Å². The van der Waals surface area contributed by atoms with Crippen molar-refractivity contribution in [2.45, 2.75) is 65.4 Å². The SMILES string of the molecule is CC(C)C(OC(=O)CCCC(=O)OCC(F)(F)C(F)F)C(C)C. The highest BCUT2D eigenvalue weighted by molar-refractivity contribution is 5.72. The topological polar surface area (TPSA) is 52.6 Å². The highest BCUT2D eigenvalue weighted by Gasteiger charge is 2.42. The molecule has 0 saturated carbocycles. The van der Waals surface area contributed by atoms with E-state index in [2.05, 4.69) is 4.74 Å². The first-order valence-corrected chi connectivity index (χ1v) is 7.48. The molecule has 0 aromatic heterocycles. The van der Waals surface area contributed by atoms with E-state index in [0.29, 0.717) is 0 Å². The summed E-state index contributed by atoms with van der Waals surface area (Å²) in [6.45, 7) is 5.99. The van der Waals surface area contributed by atoms with E-state index < -0.39 is 30.9 Å². The van der Waals surface area contributed by atoms with Crippen LogP contribution in [0.5, 0.6) is 0 Å². The third kappa shape index (κ3) is 8.76. The van der Waals surface area contributed by atoms with Crippen LogP contribution in [0.25, 0.3) is 0 Å². The van der Waals surface area contributed by atoms with E-state index in [9.17, 15) is 27.2 Å². The molecule has 0 bridgehead atoms. The summed E-state index contributed by atoms with van der Waals surface area (Å²) in [5.41, 5.74) is 0. The molecule has 0 heterocycles. The molecule has 0 rings (SSSR count). The number of rotatable bonds is 10. The lowest BCUT2D eigenvalue weighted by Crippen LogP contribution is -2.33. The highest BCUT2D eigenvalue weighted by atomic mass is 19.3. The first-order chi connectivity index (χ1) is 10.5. The number of hydrogen-bond donors (Lipinski definition) is 0. The van der Waals surface area contributed by atoms with Gasteiger partial charge in [0.25, 0.3) is 0 Å². The van der Waals surface area contributed by atoms with Gasteiger partial charge in [0.05, 0.1) is 0 Å². The van der Waals surface area contributed by atoms with Crippen molar-refractivity contribution in [3.05, 3.63) is 0 Å². The summed E-state index contributed by atoms with van der Waals surface area (Å²) in [6, 6.07) is 0. The van der Waals surface area contributed by atoms with Crippen LogP contribution in [0.3, 0.4) is 0 Å². The molecule has 0 saturated heterocycles. The fourth-order valence-electron chi connectivity index (χ4n) is 1.94. The summed E-state index contributed by atoms with van der Waals surface area (Å²) < 4.78 is 58.2. The summed E-state index contributed by atoms with van der Waals surface area (Å²) in [7, 11) is 0. The first kappa shape index (κ1) is 21.7. The Kier molecular flexibility index (Phi) is 9.16. The van der Waals surface area contributed by atoms with Crippen LogP contribution in [-0.2, 0) is 19.1 Å². The highest BCUT2D eigenvalue weighted by Crippen LogP contribution is 2.23. The largest absolute Gasteiger partial charge is 0.462 e. The quantitative estimate of drug-likeness (QED) is 0.446. The molecule has 0 spiro atoms. The van der Waals surface area contributed by atoms with Gasteiger partial charge in [-0.25, -0.2) is 8.78 Å². The van der Waals surface area contributed by atoms with Gasteiger partial charge in [0, 0.05) is 12.8 Å². The number of carbonyl (C=O) groups is 2. The van der Waals surface area contributed by atoms with Crippen LogP contribution >= 0.6 is 0 Å². The molecule has 0 aliphatic carbocycles. The molecule has 0 unspecified atom stereocenters. The van der Waals surface area contributed by atoms with Gasteiger partial charge in [0.15, 0.2) is 6.61 Å². The minimum absolute atomic E-state index is 0.0425. The zero-order valence-corrected chi connectivity index (χ0v) is 13.8. The zero-order chi connectivity index (χ0) is 18.2. The van der Waals surface area contributed by atoms with Crippen LogP contribution in [0.2, 0.25) is 0 Å². The third-order valence-corrected chi connectivity index (χ3v) is 3.09. The fraction of sp³-hybridized carbons (Fsp3) is 0.867. The van der Waals surface area contributed by atoms with Crippen LogP contribution in [0.4, 0.5) is 17.6 Å². The van der Waals surface area contributed by atoms with Gasteiger partial charge in [-0.05, 0) is 18.3 Å². The van der Waals surface area contributed by atoms with E-state index >= 15 is 0 Å². The average Bonchev–Trinajstić information content (AvgIpc) is 2.41. The van der Waals surface area contributed by atoms with Crippen molar-refractivity contribution in [1.29, 1.82) is 0 Å². The average molecular weight is 344 g/mol. The Hall–Kier alpha value is -1.34. The smallest absolute Gasteiger partial charge is 0.340 e. The monoisotopic (exact) mass is 344 g/mol. The lowest BCUT2D eigenvalue weighted by Gasteiger charge is -2.24. The molecule has 0 fully saturated rings. The molecule has 0 radical (unpaired) electrons. The maximum absolute atomic E-state index is 12.6. The molecule has 8 heteroatoms. The van der Waals surface area contributed by atoms with Gasteiger partial charge in [-0.15, -0.1) is 0 Å². The molecule has 136 valence electrons. The summed E-state index contributed by atoms with van der Waals surface area (Å²) in [5, 5.41) is 0. The Labute approximate surface area is 133 Å². The first-order valence-electron chi connectivity index (χ1n) is 7.48. The van der Waals surface area contributed by atoms with Crippen LogP contribution < -0.4 is 0 Å². The summed E-state index contributed by atoms with van der Waals surface area (Å²) in [4.78, 5) is 22.8. The van der Waals surface area contributed by atoms with Crippen LogP contribution in [-0.4, -0.2) is 37.0 Å². The fourth-order valence-corrected chi connectivity index (χ4v) is 1.94. The molecule has 0 atom stereocenters. The second-order valence-electron chi connectivity index (χ2n) is 6.02. The maximum Gasteiger partial charge on any atom is 0.340 e. The van der Waals surface area contributed by atoms with E-state index in [-0.39, 0.29) is 37.2 Å². The second kappa shape index (κ2) is 9.72. The summed E-state index contributed by atoms with van der Waals surface area (Å²) >= 11 is 0. The van der Waals surface area contributed by atoms with Crippen LogP contribution in [0.15, 0.2) is 0 Å². The summed E-state index contributed by atoms with van der Waals surface area (Å²) in [6.07, 6.45) is -4.49. The van der Waals surface area contributed by atoms with Crippen LogP contribution in [0, 0.1) is 11.8 Å². The Morgan fingerprint density at radius 2 is 1.43 bits per heavy atom. The maximum atomic E-state index is 12.6. The predicted octanol–water partition coefficient (Wildman–Crippen LogP) is 3.82. The lowest BCUT2D eigenvalue weighted by atomic mass is 9.96. The number of halogens is 4. The Morgan fingerprint density at radius 1 is 0.957 bits per heavy atom. The number of alkyl halides is 4. The molecular weight excluding hydrogens is 320 g/mol. The van der Waals surface area contributed by atoms with Gasteiger partial charge in [-0.3, -0.25) is 9.59 Å². The number of hydrogen-bond acceptors (Lipinski definition) is 4. The van der Waals surface area contributed by atoms with Crippen molar-refractivity contribution in [2.24, 2.45) is 11.8 Å². The third-order valence-electron chi connectivity index (χ3n) is 3.09. The minimum Gasteiger partial charge on any atom is -0.462 e. The molecule has 4 nitrogen and oxygen atoms in total. The predicted molar refractivity (Wildman–Crippen MR) is 75.3 cm³/mol. The molecule has 0 N–H and O–H groups in total. The van der Waals surface area contributed by atoms with E-state index in [1.54, 1.807) is 0 Å². The van der Waals surface area contributed by atoms with E-state index in [0.717, 1.165) is 0 Å². The molecular formula is C15H24F4O4. The Morgan fingerprint density at radius 3 is 1.87 bits per heavy atom. The zero-order valence-electron chi connectivity index (χ0n) is 13.8. The molecule has 0 aromatic rings. The van der Waals surface area contributed by atoms with Crippen molar-refractivity contribution in [2.75, 3.05) is 6.61 Å². The molecule has 23 heavy (non-hydrogen) atoms. The van der Waals surface area contributed by atoms with Gasteiger partial charge >= 0.3 is 24.3 Å².